The molecule has 0 atom stereocenters. The fourth-order valence-electron chi connectivity index (χ4n) is 2.09. The van der Waals surface area contributed by atoms with Gasteiger partial charge < -0.3 is 15.3 Å². The third-order valence-electron chi connectivity index (χ3n) is 2.82. The van der Waals surface area contributed by atoms with E-state index in [1.54, 1.807) is 6.33 Å². The van der Waals surface area contributed by atoms with Crippen molar-refractivity contribution in [2.24, 2.45) is 0 Å². The third kappa shape index (κ3) is 3.57. The number of nitrogens with one attached hydrogen (secondary N) is 1. The van der Waals surface area contributed by atoms with Gasteiger partial charge in [-0.15, -0.1) is 0 Å². The van der Waals surface area contributed by atoms with E-state index in [2.05, 4.69) is 34.0 Å². The van der Waals surface area contributed by atoms with E-state index < -0.39 is 0 Å². The summed E-state index contributed by atoms with van der Waals surface area (Å²) < 4.78 is 0. The molecule has 0 saturated carbocycles. The summed E-state index contributed by atoms with van der Waals surface area (Å²) in [5, 5.41) is 12.3. The maximum absolute atomic E-state index is 9.17. The SMILES string of the molecule is CCCc1c(NC)ncnc1N(CCC)CCO. The minimum atomic E-state index is 0.143. The monoisotopic (exact) mass is 252 g/mol. The topological polar surface area (TPSA) is 61.3 Å². The lowest BCUT2D eigenvalue weighted by atomic mass is 10.1. The number of rotatable bonds is 8. The van der Waals surface area contributed by atoms with Crippen LogP contribution in [0.3, 0.4) is 0 Å². The highest BCUT2D eigenvalue weighted by Gasteiger charge is 2.15. The van der Waals surface area contributed by atoms with Gasteiger partial charge in [0.05, 0.1) is 6.61 Å². The number of aliphatic hydroxyl groups excluding tert-OH is 1. The Balaban J connectivity index is 3.09. The van der Waals surface area contributed by atoms with Gasteiger partial charge in [0.15, 0.2) is 0 Å². The minimum Gasteiger partial charge on any atom is -0.395 e. The lowest BCUT2D eigenvalue weighted by Crippen LogP contribution is -2.29. The average Bonchev–Trinajstić information content (AvgIpc) is 2.39. The Kier molecular flexibility index (Phi) is 6.43. The second-order valence-corrected chi connectivity index (χ2v) is 4.24. The molecule has 1 aromatic heterocycles. The van der Waals surface area contributed by atoms with Crippen LogP contribution in [0.1, 0.15) is 32.3 Å². The van der Waals surface area contributed by atoms with Gasteiger partial charge in [-0.25, -0.2) is 9.97 Å². The largest absolute Gasteiger partial charge is 0.395 e. The molecule has 0 aliphatic heterocycles. The second kappa shape index (κ2) is 7.87. The summed E-state index contributed by atoms with van der Waals surface area (Å²) in [7, 11) is 1.88. The van der Waals surface area contributed by atoms with Gasteiger partial charge in [-0.05, 0) is 12.8 Å². The van der Waals surface area contributed by atoms with E-state index in [1.807, 2.05) is 7.05 Å². The van der Waals surface area contributed by atoms with Crippen LogP contribution in [-0.4, -0.2) is 41.8 Å². The molecule has 18 heavy (non-hydrogen) atoms. The van der Waals surface area contributed by atoms with Crippen molar-refractivity contribution >= 4 is 11.6 Å². The second-order valence-electron chi connectivity index (χ2n) is 4.24. The summed E-state index contributed by atoms with van der Waals surface area (Å²) in [4.78, 5) is 10.8. The summed E-state index contributed by atoms with van der Waals surface area (Å²) in [6.45, 7) is 5.93. The molecule has 5 heteroatoms. The first-order valence-electron chi connectivity index (χ1n) is 6.65. The number of nitrogens with zero attached hydrogens (tertiary/aromatic N) is 3. The van der Waals surface area contributed by atoms with Crippen molar-refractivity contribution in [1.29, 1.82) is 0 Å². The summed E-state index contributed by atoms with van der Waals surface area (Å²) in [6.07, 6.45) is 4.61. The average molecular weight is 252 g/mol. The molecule has 0 fully saturated rings. The first-order chi connectivity index (χ1) is 8.78. The van der Waals surface area contributed by atoms with E-state index in [1.165, 1.54) is 0 Å². The number of aliphatic hydroxyl groups is 1. The van der Waals surface area contributed by atoms with Crippen molar-refractivity contribution in [1.82, 2.24) is 9.97 Å². The lowest BCUT2D eigenvalue weighted by molar-refractivity contribution is 0.301. The maximum atomic E-state index is 9.17. The molecule has 0 saturated heterocycles. The van der Waals surface area contributed by atoms with Crippen LogP contribution in [0.25, 0.3) is 0 Å². The van der Waals surface area contributed by atoms with Crippen molar-refractivity contribution in [2.75, 3.05) is 37.0 Å². The summed E-state index contributed by atoms with van der Waals surface area (Å²) in [6, 6.07) is 0. The zero-order valence-corrected chi connectivity index (χ0v) is 11.6. The quantitative estimate of drug-likeness (QED) is 0.737. The van der Waals surface area contributed by atoms with Crippen molar-refractivity contribution < 1.29 is 5.11 Å². The molecule has 0 unspecified atom stereocenters. The Bertz CT molecular complexity index is 351. The van der Waals surface area contributed by atoms with Crippen LogP contribution in [-0.2, 0) is 6.42 Å². The highest BCUT2D eigenvalue weighted by Crippen LogP contribution is 2.24. The molecule has 2 N–H and O–H groups in total. The molecule has 1 rings (SSSR count). The normalized spacial score (nSPS) is 10.4. The Hall–Kier alpha value is -1.36. The molecular weight excluding hydrogens is 228 g/mol. The molecule has 0 bridgehead atoms. The van der Waals surface area contributed by atoms with Gasteiger partial charge in [0.1, 0.15) is 18.0 Å². The first kappa shape index (κ1) is 14.7. The van der Waals surface area contributed by atoms with Gasteiger partial charge in [0, 0.05) is 25.7 Å². The van der Waals surface area contributed by atoms with Crippen molar-refractivity contribution in [2.45, 2.75) is 33.1 Å². The van der Waals surface area contributed by atoms with E-state index in [-0.39, 0.29) is 6.61 Å². The first-order valence-corrected chi connectivity index (χ1v) is 6.65. The highest BCUT2D eigenvalue weighted by atomic mass is 16.3. The van der Waals surface area contributed by atoms with E-state index in [9.17, 15) is 5.11 Å². The van der Waals surface area contributed by atoms with Crippen LogP contribution in [0, 0.1) is 0 Å². The Morgan fingerprint density at radius 1 is 1.22 bits per heavy atom. The van der Waals surface area contributed by atoms with Crippen molar-refractivity contribution in [3.8, 4) is 0 Å². The molecule has 0 spiro atoms. The van der Waals surface area contributed by atoms with Gasteiger partial charge in [0.2, 0.25) is 0 Å². The molecule has 1 aromatic rings. The van der Waals surface area contributed by atoms with Crippen molar-refractivity contribution in [3.63, 3.8) is 0 Å². The van der Waals surface area contributed by atoms with Gasteiger partial charge in [-0.1, -0.05) is 20.3 Å². The standard InChI is InChI=1S/C13H24N4O/c1-4-6-11-12(14-3)15-10-16-13(11)17(7-5-2)8-9-18/h10,18H,4-9H2,1-3H3,(H,14,15,16). The number of hydrogen-bond acceptors (Lipinski definition) is 5. The van der Waals surface area contributed by atoms with Crippen LogP contribution < -0.4 is 10.2 Å². The zero-order chi connectivity index (χ0) is 13.4. The van der Waals surface area contributed by atoms with Crippen LogP contribution in [0.2, 0.25) is 0 Å². The van der Waals surface area contributed by atoms with Crippen molar-refractivity contribution in [3.05, 3.63) is 11.9 Å². The van der Waals surface area contributed by atoms with Gasteiger partial charge in [0.25, 0.3) is 0 Å². The predicted octanol–water partition coefficient (Wildman–Crippen LogP) is 1.68. The van der Waals surface area contributed by atoms with Crippen LogP contribution in [0.15, 0.2) is 6.33 Å². The minimum absolute atomic E-state index is 0.143. The smallest absolute Gasteiger partial charge is 0.137 e. The molecular formula is C13H24N4O. The lowest BCUT2D eigenvalue weighted by Gasteiger charge is -2.25. The Morgan fingerprint density at radius 2 is 2.00 bits per heavy atom. The molecule has 1 heterocycles. The third-order valence-corrected chi connectivity index (χ3v) is 2.82. The summed E-state index contributed by atoms with van der Waals surface area (Å²) in [5.41, 5.74) is 1.14. The molecule has 0 aliphatic carbocycles. The van der Waals surface area contributed by atoms with Gasteiger partial charge >= 0.3 is 0 Å². The fourth-order valence-corrected chi connectivity index (χ4v) is 2.09. The fraction of sp³-hybridized carbons (Fsp3) is 0.692. The molecule has 5 nitrogen and oxygen atoms in total. The molecule has 0 radical (unpaired) electrons. The number of aromatic nitrogens is 2. The highest BCUT2D eigenvalue weighted by molar-refractivity contribution is 5.58. The Labute approximate surface area is 109 Å². The van der Waals surface area contributed by atoms with E-state index in [0.29, 0.717) is 6.54 Å². The van der Waals surface area contributed by atoms with Gasteiger partial charge in [-0.2, -0.15) is 0 Å². The van der Waals surface area contributed by atoms with E-state index in [4.69, 9.17) is 0 Å². The van der Waals surface area contributed by atoms with Crippen LogP contribution in [0.4, 0.5) is 11.6 Å². The molecule has 102 valence electrons. The molecule has 0 aliphatic rings. The van der Waals surface area contributed by atoms with Gasteiger partial charge in [-0.3, -0.25) is 0 Å². The summed E-state index contributed by atoms with van der Waals surface area (Å²) in [5.74, 6) is 1.84. The van der Waals surface area contributed by atoms with Crippen LogP contribution >= 0.6 is 0 Å². The number of hydrogen-bond donors (Lipinski definition) is 2. The molecule has 0 aromatic carbocycles. The van der Waals surface area contributed by atoms with Crippen LogP contribution in [0.5, 0.6) is 0 Å². The zero-order valence-electron chi connectivity index (χ0n) is 11.6. The predicted molar refractivity (Wildman–Crippen MR) is 75.2 cm³/mol. The summed E-state index contributed by atoms with van der Waals surface area (Å²) >= 11 is 0. The number of anilines is 2. The Morgan fingerprint density at radius 3 is 2.56 bits per heavy atom. The van der Waals surface area contributed by atoms with E-state index >= 15 is 0 Å². The maximum Gasteiger partial charge on any atom is 0.137 e. The molecule has 0 amide bonds. The van der Waals surface area contributed by atoms with E-state index in [0.717, 1.165) is 43.0 Å².